The van der Waals surface area contributed by atoms with Crippen LogP contribution in [0.25, 0.3) is 0 Å². The molecule has 142 valence electrons. The summed E-state index contributed by atoms with van der Waals surface area (Å²) >= 11 is 0. The van der Waals surface area contributed by atoms with Crippen LogP contribution in [0.1, 0.15) is 57.8 Å². The van der Waals surface area contributed by atoms with Crippen LogP contribution >= 0.6 is 0 Å². The highest BCUT2D eigenvalue weighted by Gasteiger charge is 2.44. The van der Waals surface area contributed by atoms with Gasteiger partial charge in [0.05, 0.1) is 6.04 Å². The Bertz CT molecular complexity index is 505. The highest BCUT2D eigenvalue weighted by molar-refractivity contribution is 7.86. The molecule has 24 heavy (non-hydrogen) atoms. The van der Waals surface area contributed by atoms with Gasteiger partial charge >= 0.3 is 15.6 Å². The number of hydrazine groups is 1. The molecule has 1 unspecified atom stereocenters. The van der Waals surface area contributed by atoms with Gasteiger partial charge in [-0.15, -0.1) is 0 Å². The summed E-state index contributed by atoms with van der Waals surface area (Å²) in [5, 5.41) is 1.84. The van der Waals surface area contributed by atoms with Crippen molar-refractivity contribution in [2.45, 2.75) is 69.3 Å². The SMILES string of the molecule is NN(CC1CCCCC1)C1CCCCC1=O.O=S(=O)(O)C(F)(F)F. The Kier molecular flexibility index (Phi) is 8.10. The predicted octanol–water partition coefficient (Wildman–Crippen LogP) is 2.65. The maximum absolute atomic E-state index is 11.8. The maximum Gasteiger partial charge on any atom is 0.522 e. The number of ketones is 1. The number of nitrogens with two attached hydrogens (primary N) is 1. The Balaban J connectivity index is 0.000000307. The van der Waals surface area contributed by atoms with E-state index in [0.717, 1.165) is 38.1 Å². The number of carbonyl (C=O) groups excluding carboxylic acids is 1. The highest BCUT2D eigenvalue weighted by Crippen LogP contribution is 2.26. The van der Waals surface area contributed by atoms with Gasteiger partial charge in [-0.2, -0.15) is 21.6 Å². The number of Topliss-reactive ketones (excluding diaryl/α,β-unsaturated/α-hetero) is 1. The lowest BCUT2D eigenvalue weighted by Gasteiger charge is -2.33. The van der Waals surface area contributed by atoms with E-state index in [1.807, 2.05) is 5.01 Å². The van der Waals surface area contributed by atoms with Gasteiger partial charge in [0, 0.05) is 13.0 Å². The number of halogens is 3. The van der Waals surface area contributed by atoms with Gasteiger partial charge in [0.1, 0.15) is 0 Å². The number of carbonyl (C=O) groups is 1. The van der Waals surface area contributed by atoms with Crippen molar-refractivity contribution < 1.29 is 30.9 Å². The Morgan fingerprint density at radius 3 is 2.04 bits per heavy atom. The lowest BCUT2D eigenvalue weighted by molar-refractivity contribution is -0.126. The molecule has 0 aromatic carbocycles. The zero-order chi connectivity index (χ0) is 18.4. The van der Waals surface area contributed by atoms with Crippen LogP contribution in [0, 0.1) is 5.92 Å². The van der Waals surface area contributed by atoms with E-state index in [0.29, 0.717) is 5.78 Å². The van der Waals surface area contributed by atoms with Crippen molar-refractivity contribution in [2.75, 3.05) is 6.54 Å². The minimum Gasteiger partial charge on any atom is -0.298 e. The summed E-state index contributed by atoms with van der Waals surface area (Å²) in [5.74, 6) is 7.18. The van der Waals surface area contributed by atoms with E-state index in [1.165, 1.54) is 32.1 Å². The van der Waals surface area contributed by atoms with E-state index >= 15 is 0 Å². The molecule has 2 rings (SSSR count). The molecule has 2 aliphatic rings. The van der Waals surface area contributed by atoms with Crippen molar-refractivity contribution in [3.05, 3.63) is 0 Å². The number of rotatable bonds is 3. The molecule has 0 radical (unpaired) electrons. The molecule has 6 nitrogen and oxygen atoms in total. The summed E-state index contributed by atoms with van der Waals surface area (Å²) in [4.78, 5) is 11.8. The zero-order valence-corrected chi connectivity index (χ0v) is 14.3. The van der Waals surface area contributed by atoms with Crippen LogP contribution in [-0.4, -0.2) is 41.9 Å². The van der Waals surface area contributed by atoms with E-state index in [-0.39, 0.29) is 6.04 Å². The Labute approximate surface area is 140 Å². The van der Waals surface area contributed by atoms with Gasteiger partial charge in [0.2, 0.25) is 0 Å². The summed E-state index contributed by atoms with van der Waals surface area (Å²) < 4.78 is 57.5. The maximum atomic E-state index is 11.8. The van der Waals surface area contributed by atoms with Gasteiger partial charge in [-0.3, -0.25) is 15.2 Å². The van der Waals surface area contributed by atoms with Crippen LogP contribution < -0.4 is 5.84 Å². The third-order valence-corrected chi connectivity index (χ3v) is 4.99. The second kappa shape index (κ2) is 9.12. The Morgan fingerprint density at radius 1 is 1.08 bits per heavy atom. The molecule has 2 fully saturated rings. The van der Waals surface area contributed by atoms with Crippen LogP contribution in [0.2, 0.25) is 0 Å². The van der Waals surface area contributed by atoms with Gasteiger partial charge in [0.15, 0.2) is 5.78 Å². The van der Waals surface area contributed by atoms with Gasteiger partial charge in [0.25, 0.3) is 0 Å². The molecule has 0 amide bonds. The third-order valence-electron chi connectivity index (χ3n) is 4.41. The standard InChI is InChI=1S/C13H24N2O.CHF3O3S/c14-15(10-11-6-2-1-3-7-11)12-8-4-5-9-13(12)16;2-1(3,4)8(5,6)7/h11-12H,1-10,14H2;(H,5,6,7). The first kappa shape index (κ1) is 21.3. The molecule has 0 spiro atoms. The minimum atomic E-state index is -5.84. The molecular formula is C14H25F3N2O4S. The Morgan fingerprint density at radius 2 is 1.58 bits per heavy atom. The van der Waals surface area contributed by atoms with E-state index in [4.69, 9.17) is 18.8 Å². The summed E-state index contributed by atoms with van der Waals surface area (Å²) in [5.41, 5.74) is -5.53. The molecular weight excluding hydrogens is 349 g/mol. The zero-order valence-electron chi connectivity index (χ0n) is 13.5. The fourth-order valence-corrected chi connectivity index (χ4v) is 3.11. The molecule has 0 heterocycles. The summed E-state index contributed by atoms with van der Waals surface area (Å²) in [7, 11) is -5.84. The topological polar surface area (TPSA) is 101 Å². The van der Waals surface area contributed by atoms with Crippen LogP contribution in [0.15, 0.2) is 0 Å². The fourth-order valence-electron chi connectivity index (χ4n) is 3.11. The Hall–Kier alpha value is -0.710. The lowest BCUT2D eigenvalue weighted by Crippen LogP contribution is -2.49. The fraction of sp³-hybridized carbons (Fsp3) is 0.929. The number of nitrogens with zero attached hydrogens (tertiary/aromatic N) is 1. The average Bonchev–Trinajstić information content (AvgIpc) is 2.47. The molecule has 0 saturated heterocycles. The highest BCUT2D eigenvalue weighted by atomic mass is 32.2. The van der Waals surface area contributed by atoms with Crippen molar-refractivity contribution in [2.24, 2.45) is 11.8 Å². The minimum absolute atomic E-state index is 0.0238. The van der Waals surface area contributed by atoms with Gasteiger partial charge in [-0.1, -0.05) is 25.7 Å². The van der Waals surface area contributed by atoms with Crippen molar-refractivity contribution in [3.8, 4) is 0 Å². The summed E-state index contributed by atoms with van der Waals surface area (Å²) in [6.45, 7) is 0.927. The van der Waals surface area contributed by atoms with E-state index < -0.39 is 15.6 Å². The molecule has 0 aromatic heterocycles. The lowest BCUT2D eigenvalue weighted by atomic mass is 9.88. The van der Waals surface area contributed by atoms with Crippen LogP contribution in [-0.2, 0) is 14.9 Å². The van der Waals surface area contributed by atoms with Gasteiger partial charge < -0.3 is 0 Å². The van der Waals surface area contributed by atoms with Crippen molar-refractivity contribution >= 4 is 15.9 Å². The summed E-state index contributed by atoms with van der Waals surface area (Å²) in [6.07, 6.45) is 10.6. The first-order valence-corrected chi connectivity index (χ1v) is 9.54. The molecule has 2 saturated carbocycles. The molecule has 10 heteroatoms. The average molecular weight is 374 g/mol. The smallest absolute Gasteiger partial charge is 0.298 e. The molecule has 3 N–H and O–H groups in total. The van der Waals surface area contributed by atoms with Crippen molar-refractivity contribution in [3.63, 3.8) is 0 Å². The van der Waals surface area contributed by atoms with E-state index in [2.05, 4.69) is 0 Å². The van der Waals surface area contributed by atoms with Gasteiger partial charge in [-0.25, -0.2) is 5.01 Å². The van der Waals surface area contributed by atoms with Crippen molar-refractivity contribution in [1.82, 2.24) is 5.01 Å². The van der Waals surface area contributed by atoms with Gasteiger partial charge in [-0.05, 0) is 31.6 Å². The second-order valence-electron chi connectivity index (χ2n) is 6.35. The summed E-state index contributed by atoms with van der Waals surface area (Å²) in [6, 6.07) is 0.0238. The normalized spacial score (nSPS) is 23.8. The largest absolute Gasteiger partial charge is 0.522 e. The molecule has 1 atom stereocenters. The quantitative estimate of drug-likeness (QED) is 0.341. The third kappa shape index (κ3) is 7.04. The van der Waals surface area contributed by atoms with Crippen LogP contribution in [0.4, 0.5) is 13.2 Å². The van der Waals surface area contributed by atoms with E-state index in [9.17, 15) is 18.0 Å². The predicted molar refractivity (Wildman–Crippen MR) is 82.3 cm³/mol. The molecule has 2 aliphatic carbocycles. The molecule has 0 bridgehead atoms. The van der Waals surface area contributed by atoms with Crippen molar-refractivity contribution in [1.29, 1.82) is 0 Å². The first-order chi connectivity index (χ1) is 11.0. The second-order valence-corrected chi connectivity index (χ2v) is 7.76. The monoisotopic (exact) mass is 374 g/mol. The molecule has 0 aliphatic heterocycles. The van der Waals surface area contributed by atoms with Crippen LogP contribution in [0.3, 0.4) is 0 Å². The van der Waals surface area contributed by atoms with Crippen LogP contribution in [0.5, 0.6) is 0 Å². The first-order valence-electron chi connectivity index (χ1n) is 8.10. The number of alkyl halides is 3. The number of hydrogen-bond acceptors (Lipinski definition) is 5. The molecule has 0 aromatic rings. The van der Waals surface area contributed by atoms with E-state index in [1.54, 1.807) is 0 Å². The number of hydrogen-bond donors (Lipinski definition) is 2.